The lowest BCUT2D eigenvalue weighted by Crippen LogP contribution is -2.42. The summed E-state index contributed by atoms with van der Waals surface area (Å²) in [6.07, 6.45) is 3.82. The van der Waals surface area contributed by atoms with Crippen LogP contribution in [0.15, 0.2) is 54.2 Å². The monoisotopic (exact) mass is 441 g/mol. The van der Waals surface area contributed by atoms with Crippen molar-refractivity contribution in [1.82, 2.24) is 10.3 Å². The van der Waals surface area contributed by atoms with Gasteiger partial charge < -0.3 is 14.2 Å². The maximum absolute atomic E-state index is 14.0. The zero-order chi connectivity index (χ0) is 22.8. The molecular formula is C24H28FN3O4. The number of halogens is 1. The summed E-state index contributed by atoms with van der Waals surface area (Å²) >= 11 is 0. The van der Waals surface area contributed by atoms with Crippen LogP contribution >= 0.6 is 0 Å². The molecule has 2 aromatic rings. The number of carbonyl (C=O) groups excluding carboxylic acids is 1. The number of carbonyl (C=O) groups is 1. The van der Waals surface area contributed by atoms with E-state index in [1.165, 1.54) is 13.2 Å². The highest BCUT2D eigenvalue weighted by Gasteiger charge is 2.15. The Morgan fingerprint density at radius 1 is 1.28 bits per heavy atom. The zero-order valence-corrected chi connectivity index (χ0v) is 18.2. The van der Waals surface area contributed by atoms with Crippen molar-refractivity contribution in [1.29, 1.82) is 0 Å². The molecule has 1 heterocycles. The summed E-state index contributed by atoms with van der Waals surface area (Å²) in [5.41, 5.74) is 4.54. The molecule has 2 aromatic carbocycles. The van der Waals surface area contributed by atoms with Crippen molar-refractivity contribution >= 4 is 12.1 Å². The van der Waals surface area contributed by atoms with E-state index in [4.69, 9.17) is 14.2 Å². The van der Waals surface area contributed by atoms with Crippen LogP contribution in [0.4, 0.5) is 4.39 Å². The topological polar surface area (TPSA) is 72.4 Å². The van der Waals surface area contributed by atoms with E-state index in [1.54, 1.807) is 36.6 Å². The van der Waals surface area contributed by atoms with E-state index in [-0.39, 0.29) is 24.9 Å². The van der Waals surface area contributed by atoms with Crippen LogP contribution in [-0.2, 0) is 22.6 Å². The minimum Gasteiger partial charge on any atom is -0.493 e. The van der Waals surface area contributed by atoms with Gasteiger partial charge in [-0.25, -0.2) is 9.82 Å². The lowest BCUT2D eigenvalue weighted by Gasteiger charge is -2.25. The van der Waals surface area contributed by atoms with Crippen LogP contribution in [-0.4, -0.2) is 57.0 Å². The fourth-order valence-corrected chi connectivity index (χ4v) is 3.32. The number of benzene rings is 2. The summed E-state index contributed by atoms with van der Waals surface area (Å²) < 4.78 is 30.6. The summed E-state index contributed by atoms with van der Waals surface area (Å²) in [6.45, 7) is 6.86. The van der Waals surface area contributed by atoms with Gasteiger partial charge in [0.05, 0.1) is 33.1 Å². The van der Waals surface area contributed by atoms with Gasteiger partial charge in [-0.15, -0.1) is 6.58 Å². The highest BCUT2D eigenvalue weighted by atomic mass is 19.1. The van der Waals surface area contributed by atoms with E-state index >= 15 is 0 Å². The lowest BCUT2D eigenvalue weighted by atomic mass is 10.1. The molecule has 3 rings (SSSR count). The Balaban J connectivity index is 1.69. The van der Waals surface area contributed by atoms with Gasteiger partial charge in [-0.1, -0.05) is 24.3 Å². The van der Waals surface area contributed by atoms with Crippen LogP contribution in [0.5, 0.6) is 11.5 Å². The molecular weight excluding hydrogens is 413 g/mol. The Hall–Kier alpha value is -3.23. The minimum atomic E-state index is -0.326. The van der Waals surface area contributed by atoms with Crippen LogP contribution in [0.25, 0.3) is 0 Å². The molecule has 0 atom stereocenters. The number of methoxy groups -OCH3 is 1. The van der Waals surface area contributed by atoms with Gasteiger partial charge in [-0.05, 0) is 30.2 Å². The zero-order valence-electron chi connectivity index (χ0n) is 18.2. The molecule has 1 amide bonds. The summed E-state index contributed by atoms with van der Waals surface area (Å²) in [4.78, 5) is 14.1. The van der Waals surface area contributed by atoms with Crippen LogP contribution < -0.4 is 14.9 Å². The van der Waals surface area contributed by atoms with Gasteiger partial charge in [0.15, 0.2) is 11.5 Å². The molecule has 0 bridgehead atoms. The lowest BCUT2D eigenvalue weighted by molar-refractivity contribution is -0.123. The van der Waals surface area contributed by atoms with E-state index in [2.05, 4.69) is 17.1 Å². The molecule has 0 aliphatic carbocycles. The van der Waals surface area contributed by atoms with Crippen molar-refractivity contribution in [3.05, 3.63) is 71.6 Å². The average molecular weight is 442 g/mol. The summed E-state index contributed by atoms with van der Waals surface area (Å²) in [7, 11) is 1.54. The first-order valence-electron chi connectivity index (χ1n) is 10.4. The Labute approximate surface area is 187 Å². The third-order valence-electron chi connectivity index (χ3n) is 4.94. The molecule has 1 saturated heterocycles. The second-order valence-corrected chi connectivity index (χ2v) is 7.27. The van der Waals surface area contributed by atoms with Crippen molar-refractivity contribution in [2.45, 2.75) is 13.0 Å². The van der Waals surface area contributed by atoms with Crippen molar-refractivity contribution in [3.8, 4) is 11.5 Å². The first kappa shape index (κ1) is 23.4. The number of hydrogen-bond acceptors (Lipinski definition) is 6. The normalized spacial score (nSPS) is 14.3. The van der Waals surface area contributed by atoms with Crippen molar-refractivity contribution in [2.24, 2.45) is 5.10 Å². The molecule has 1 fully saturated rings. The third-order valence-corrected chi connectivity index (χ3v) is 4.94. The summed E-state index contributed by atoms with van der Waals surface area (Å²) in [5, 5.41) is 4.06. The Kier molecular flexibility index (Phi) is 8.77. The molecule has 32 heavy (non-hydrogen) atoms. The molecule has 1 aliphatic heterocycles. The number of nitrogens with zero attached hydrogens (tertiary/aromatic N) is 2. The van der Waals surface area contributed by atoms with Crippen LogP contribution in [0, 0.1) is 5.82 Å². The molecule has 1 aliphatic rings. The summed E-state index contributed by atoms with van der Waals surface area (Å²) in [6, 6.07) is 10.1. The Morgan fingerprint density at radius 3 is 2.78 bits per heavy atom. The molecule has 170 valence electrons. The smallest absolute Gasteiger partial charge is 0.254 e. The average Bonchev–Trinajstić information content (AvgIpc) is 2.80. The van der Waals surface area contributed by atoms with E-state index < -0.39 is 0 Å². The van der Waals surface area contributed by atoms with E-state index in [9.17, 15) is 9.18 Å². The molecule has 0 spiro atoms. The molecule has 0 aromatic heterocycles. The molecule has 7 nitrogen and oxygen atoms in total. The van der Waals surface area contributed by atoms with Gasteiger partial charge in [0.1, 0.15) is 12.4 Å². The van der Waals surface area contributed by atoms with Crippen molar-refractivity contribution < 1.29 is 23.4 Å². The quantitative estimate of drug-likeness (QED) is 0.349. The molecule has 0 saturated carbocycles. The minimum absolute atomic E-state index is 0.0677. The number of allylic oxidation sites excluding steroid dienone is 1. The second kappa shape index (κ2) is 12.0. The van der Waals surface area contributed by atoms with Crippen molar-refractivity contribution in [2.75, 3.05) is 40.0 Å². The number of rotatable bonds is 10. The van der Waals surface area contributed by atoms with E-state index in [1.807, 2.05) is 11.0 Å². The predicted octanol–water partition coefficient (Wildman–Crippen LogP) is 2.92. The third kappa shape index (κ3) is 6.63. The van der Waals surface area contributed by atoms with Gasteiger partial charge in [-0.3, -0.25) is 9.69 Å². The number of morpholine rings is 1. The highest BCUT2D eigenvalue weighted by Crippen LogP contribution is 2.34. The fraction of sp³-hybridized carbons (Fsp3) is 0.333. The largest absolute Gasteiger partial charge is 0.493 e. The molecule has 1 N–H and O–H groups in total. The van der Waals surface area contributed by atoms with Crippen LogP contribution in [0.2, 0.25) is 0 Å². The first-order chi connectivity index (χ1) is 15.6. The van der Waals surface area contributed by atoms with Gasteiger partial charge in [-0.2, -0.15) is 5.10 Å². The van der Waals surface area contributed by atoms with Gasteiger partial charge in [0.25, 0.3) is 5.91 Å². The number of amides is 1. The van der Waals surface area contributed by atoms with Gasteiger partial charge in [0.2, 0.25) is 0 Å². The number of nitrogens with one attached hydrogen (secondary N) is 1. The van der Waals surface area contributed by atoms with Gasteiger partial charge >= 0.3 is 0 Å². The Bertz CT molecular complexity index is 958. The predicted molar refractivity (Wildman–Crippen MR) is 121 cm³/mol. The molecule has 0 unspecified atom stereocenters. The van der Waals surface area contributed by atoms with E-state index in [0.717, 1.165) is 24.2 Å². The molecule has 0 radical (unpaired) electrons. The van der Waals surface area contributed by atoms with Gasteiger partial charge in [0, 0.05) is 24.2 Å². The molecule has 8 heteroatoms. The maximum Gasteiger partial charge on any atom is 0.254 e. The number of ether oxygens (including phenoxy) is 3. The summed E-state index contributed by atoms with van der Waals surface area (Å²) in [5.74, 6) is 0.491. The number of hydrazone groups is 1. The highest BCUT2D eigenvalue weighted by molar-refractivity contribution is 5.84. The Morgan fingerprint density at radius 2 is 2.06 bits per heavy atom. The number of hydrogen-bond donors (Lipinski definition) is 1. The first-order valence-corrected chi connectivity index (χ1v) is 10.4. The van der Waals surface area contributed by atoms with E-state index in [0.29, 0.717) is 36.7 Å². The van der Waals surface area contributed by atoms with Crippen LogP contribution in [0.1, 0.15) is 16.7 Å². The maximum atomic E-state index is 14.0. The van der Waals surface area contributed by atoms with Crippen LogP contribution in [0.3, 0.4) is 0 Å². The SMILES string of the molecule is C=CCc1cc(/C=N/NC(=O)CN2CCOCC2)cc(OC)c1OCc1ccccc1F. The fourth-order valence-electron chi connectivity index (χ4n) is 3.32. The standard InChI is InChI=1S/C24H28FN3O4/c1-3-6-19-13-18(15-26-27-23(29)16-28-9-11-31-12-10-28)14-22(30-2)24(19)32-17-20-7-4-5-8-21(20)25/h3-5,7-8,13-15H,1,6,9-12,16-17H2,2H3,(H,27,29)/b26-15+. The second-order valence-electron chi connectivity index (χ2n) is 7.27. The van der Waals surface area contributed by atoms with Crippen molar-refractivity contribution in [3.63, 3.8) is 0 Å².